The van der Waals surface area contributed by atoms with Crippen LogP contribution in [0.25, 0.3) is 0 Å². The van der Waals surface area contributed by atoms with Crippen LogP contribution in [0.3, 0.4) is 0 Å². The second kappa shape index (κ2) is 3.95. The quantitative estimate of drug-likeness (QED) is 0.700. The SMILES string of the molecule is CC1(C)COC(CC2CCCC(=O)C2)=N1. The minimum atomic E-state index is -0.0615. The van der Waals surface area contributed by atoms with E-state index in [4.69, 9.17) is 4.74 Å². The number of ether oxygens (including phenoxy) is 1. The minimum Gasteiger partial charge on any atom is -0.478 e. The summed E-state index contributed by atoms with van der Waals surface area (Å²) in [7, 11) is 0. The maximum Gasteiger partial charge on any atom is 0.184 e. The lowest BCUT2D eigenvalue weighted by Gasteiger charge is -2.19. The molecule has 0 spiro atoms. The van der Waals surface area contributed by atoms with E-state index in [1.165, 1.54) is 0 Å². The predicted octanol–water partition coefficient (Wildman–Crippen LogP) is 2.34. The van der Waals surface area contributed by atoms with Gasteiger partial charge in [0.05, 0.1) is 5.54 Å². The molecule has 2 rings (SSSR count). The van der Waals surface area contributed by atoms with E-state index in [0.717, 1.165) is 38.0 Å². The van der Waals surface area contributed by atoms with Crippen molar-refractivity contribution in [2.24, 2.45) is 10.9 Å². The van der Waals surface area contributed by atoms with Crippen LogP contribution in [0.5, 0.6) is 0 Å². The summed E-state index contributed by atoms with van der Waals surface area (Å²) in [6.45, 7) is 4.83. The van der Waals surface area contributed by atoms with Crippen molar-refractivity contribution < 1.29 is 9.53 Å². The number of rotatable bonds is 2. The van der Waals surface area contributed by atoms with Gasteiger partial charge < -0.3 is 4.74 Å². The van der Waals surface area contributed by atoms with Gasteiger partial charge in [0.25, 0.3) is 0 Å². The molecule has 0 saturated heterocycles. The van der Waals surface area contributed by atoms with Crippen molar-refractivity contribution in [1.29, 1.82) is 0 Å². The molecule has 0 aromatic heterocycles. The van der Waals surface area contributed by atoms with Crippen molar-refractivity contribution in [3.63, 3.8) is 0 Å². The van der Waals surface area contributed by atoms with Crippen LogP contribution in [0, 0.1) is 5.92 Å². The van der Waals surface area contributed by atoms with Crippen molar-refractivity contribution >= 4 is 11.7 Å². The van der Waals surface area contributed by atoms with Gasteiger partial charge in [0, 0.05) is 19.3 Å². The Kier molecular flexibility index (Phi) is 2.81. The number of aliphatic imine (C=N–C) groups is 1. The van der Waals surface area contributed by atoms with Crippen LogP contribution in [0.15, 0.2) is 4.99 Å². The Morgan fingerprint density at radius 3 is 2.93 bits per heavy atom. The van der Waals surface area contributed by atoms with Gasteiger partial charge in [-0.25, -0.2) is 4.99 Å². The number of hydrogen-bond acceptors (Lipinski definition) is 3. The number of carbonyl (C=O) groups is 1. The third-order valence-electron chi connectivity index (χ3n) is 3.07. The van der Waals surface area contributed by atoms with E-state index in [-0.39, 0.29) is 5.54 Å². The summed E-state index contributed by atoms with van der Waals surface area (Å²) in [4.78, 5) is 15.8. The average molecular weight is 209 g/mol. The number of Topliss-reactive ketones (excluding diaryl/α,β-unsaturated/α-hetero) is 1. The monoisotopic (exact) mass is 209 g/mol. The predicted molar refractivity (Wildman–Crippen MR) is 59.0 cm³/mol. The summed E-state index contributed by atoms with van der Waals surface area (Å²) in [5.74, 6) is 1.74. The van der Waals surface area contributed by atoms with Crippen LogP contribution in [0.1, 0.15) is 46.0 Å². The van der Waals surface area contributed by atoms with E-state index in [1.807, 2.05) is 0 Å². The molecule has 1 aliphatic heterocycles. The lowest BCUT2D eigenvalue weighted by atomic mass is 9.86. The molecule has 0 aromatic rings. The van der Waals surface area contributed by atoms with E-state index < -0.39 is 0 Å². The van der Waals surface area contributed by atoms with Gasteiger partial charge in [-0.3, -0.25) is 4.79 Å². The molecule has 0 radical (unpaired) electrons. The summed E-state index contributed by atoms with van der Waals surface area (Å²) in [5, 5.41) is 0. The molecule has 1 atom stereocenters. The first-order valence-electron chi connectivity index (χ1n) is 5.78. The molecule has 84 valence electrons. The number of ketones is 1. The van der Waals surface area contributed by atoms with Gasteiger partial charge in [-0.15, -0.1) is 0 Å². The van der Waals surface area contributed by atoms with Gasteiger partial charge in [0.2, 0.25) is 0 Å². The van der Waals surface area contributed by atoms with Gasteiger partial charge in [-0.1, -0.05) is 0 Å². The highest BCUT2D eigenvalue weighted by atomic mass is 16.5. The zero-order valence-electron chi connectivity index (χ0n) is 9.58. The lowest BCUT2D eigenvalue weighted by molar-refractivity contribution is -0.121. The summed E-state index contributed by atoms with van der Waals surface area (Å²) in [6, 6.07) is 0. The Labute approximate surface area is 90.9 Å². The fraction of sp³-hybridized carbons (Fsp3) is 0.833. The van der Waals surface area contributed by atoms with E-state index in [2.05, 4.69) is 18.8 Å². The highest BCUT2D eigenvalue weighted by molar-refractivity contribution is 5.82. The van der Waals surface area contributed by atoms with E-state index in [0.29, 0.717) is 18.3 Å². The van der Waals surface area contributed by atoms with Gasteiger partial charge >= 0.3 is 0 Å². The van der Waals surface area contributed by atoms with Crippen LogP contribution in [-0.2, 0) is 9.53 Å². The topological polar surface area (TPSA) is 38.7 Å². The molecule has 2 aliphatic rings. The summed E-state index contributed by atoms with van der Waals surface area (Å²) in [5.41, 5.74) is -0.0615. The Morgan fingerprint density at radius 1 is 1.53 bits per heavy atom. The molecule has 1 heterocycles. The molecule has 3 heteroatoms. The fourth-order valence-corrected chi connectivity index (χ4v) is 2.30. The van der Waals surface area contributed by atoms with Gasteiger partial charge in [-0.05, 0) is 32.6 Å². The first-order chi connectivity index (χ1) is 7.05. The van der Waals surface area contributed by atoms with E-state index >= 15 is 0 Å². The Hall–Kier alpha value is -0.860. The standard InChI is InChI=1S/C12H19NO2/c1-12(2)8-15-11(13-12)7-9-4-3-5-10(14)6-9/h9H,3-8H2,1-2H3. The van der Waals surface area contributed by atoms with Crippen molar-refractivity contribution in [2.75, 3.05) is 6.61 Å². The highest BCUT2D eigenvalue weighted by Gasteiger charge is 2.29. The summed E-state index contributed by atoms with van der Waals surface area (Å²) < 4.78 is 5.54. The second-order valence-corrected chi connectivity index (χ2v) is 5.31. The minimum absolute atomic E-state index is 0.0615. The lowest BCUT2D eigenvalue weighted by Crippen LogP contribution is -2.18. The molecule has 1 fully saturated rings. The van der Waals surface area contributed by atoms with Crippen LogP contribution in [-0.4, -0.2) is 23.8 Å². The Morgan fingerprint density at radius 2 is 2.33 bits per heavy atom. The molecule has 0 bridgehead atoms. The molecule has 1 unspecified atom stereocenters. The summed E-state index contributed by atoms with van der Waals surface area (Å²) >= 11 is 0. The first kappa shape index (κ1) is 10.7. The molecule has 3 nitrogen and oxygen atoms in total. The fourth-order valence-electron chi connectivity index (χ4n) is 2.30. The van der Waals surface area contributed by atoms with Crippen LogP contribution in [0.4, 0.5) is 0 Å². The number of carbonyl (C=O) groups excluding carboxylic acids is 1. The zero-order valence-corrected chi connectivity index (χ0v) is 9.58. The third kappa shape index (κ3) is 2.80. The van der Waals surface area contributed by atoms with E-state index in [9.17, 15) is 4.79 Å². The molecule has 0 N–H and O–H groups in total. The van der Waals surface area contributed by atoms with Crippen LogP contribution in [0.2, 0.25) is 0 Å². The normalized spacial score (nSPS) is 29.9. The average Bonchev–Trinajstić information content (AvgIpc) is 2.45. The van der Waals surface area contributed by atoms with Crippen molar-refractivity contribution in [3.05, 3.63) is 0 Å². The van der Waals surface area contributed by atoms with E-state index in [1.54, 1.807) is 0 Å². The smallest absolute Gasteiger partial charge is 0.184 e. The number of hydrogen-bond donors (Lipinski definition) is 0. The molecule has 0 aromatic carbocycles. The molecular formula is C12H19NO2. The number of nitrogens with zero attached hydrogens (tertiary/aromatic N) is 1. The van der Waals surface area contributed by atoms with Crippen molar-refractivity contribution in [3.8, 4) is 0 Å². The molecule has 0 amide bonds. The van der Waals surface area contributed by atoms with Gasteiger partial charge in [0.1, 0.15) is 12.4 Å². The van der Waals surface area contributed by atoms with Crippen LogP contribution < -0.4 is 0 Å². The maximum absolute atomic E-state index is 11.3. The molecule has 15 heavy (non-hydrogen) atoms. The molecule has 1 saturated carbocycles. The summed E-state index contributed by atoms with van der Waals surface area (Å²) in [6.07, 6.45) is 4.54. The Balaban J connectivity index is 1.89. The second-order valence-electron chi connectivity index (χ2n) is 5.31. The third-order valence-corrected chi connectivity index (χ3v) is 3.07. The first-order valence-corrected chi connectivity index (χ1v) is 5.78. The zero-order chi connectivity index (χ0) is 10.9. The van der Waals surface area contributed by atoms with Crippen LogP contribution >= 0.6 is 0 Å². The molecular weight excluding hydrogens is 190 g/mol. The molecule has 1 aliphatic carbocycles. The maximum atomic E-state index is 11.3. The Bertz CT molecular complexity index is 294. The van der Waals surface area contributed by atoms with Crippen molar-refractivity contribution in [2.45, 2.75) is 51.5 Å². The highest BCUT2D eigenvalue weighted by Crippen LogP contribution is 2.27. The van der Waals surface area contributed by atoms with Gasteiger partial charge in [0.15, 0.2) is 5.90 Å². The largest absolute Gasteiger partial charge is 0.478 e. The van der Waals surface area contributed by atoms with Gasteiger partial charge in [-0.2, -0.15) is 0 Å². The van der Waals surface area contributed by atoms with Crippen molar-refractivity contribution in [1.82, 2.24) is 0 Å².